The van der Waals surface area contributed by atoms with Crippen LogP contribution in [0.15, 0.2) is 0 Å². The summed E-state index contributed by atoms with van der Waals surface area (Å²) in [7, 11) is 0. The first-order chi connectivity index (χ1) is 9.27. The first-order valence-corrected chi connectivity index (χ1v) is 6.35. The number of hydrogen-bond donors (Lipinski definition) is 6. The van der Waals surface area contributed by atoms with Crippen molar-refractivity contribution in [3.8, 4) is 0 Å². The highest BCUT2D eigenvalue weighted by Gasteiger charge is 2.23. The van der Waals surface area contributed by atoms with Gasteiger partial charge >= 0.3 is 5.97 Å². The van der Waals surface area contributed by atoms with Gasteiger partial charge < -0.3 is 27.2 Å². The van der Waals surface area contributed by atoms with Crippen molar-refractivity contribution in [2.24, 2.45) is 11.5 Å². The third-order valence-electron chi connectivity index (χ3n) is 2.27. The summed E-state index contributed by atoms with van der Waals surface area (Å²) in [6, 6.07) is -2.00. The van der Waals surface area contributed by atoms with Gasteiger partial charge in [0.2, 0.25) is 17.7 Å². The molecule has 0 fully saturated rings. The van der Waals surface area contributed by atoms with Crippen molar-refractivity contribution in [1.82, 2.24) is 10.6 Å². The van der Waals surface area contributed by atoms with E-state index in [1.54, 1.807) is 0 Å². The summed E-state index contributed by atoms with van der Waals surface area (Å²) in [4.78, 5) is 44.1. The van der Waals surface area contributed by atoms with Crippen LogP contribution in [0.2, 0.25) is 0 Å². The molecule has 0 aliphatic heterocycles. The minimum Gasteiger partial charge on any atom is -0.480 e. The summed E-state index contributed by atoms with van der Waals surface area (Å²) in [5.74, 6) is -3.15. The average Bonchev–Trinajstić information content (AvgIpc) is 2.38. The Morgan fingerprint density at radius 2 is 1.80 bits per heavy atom. The standard InChI is InChI=1S/C10H18N4O5S/c11-5(1-2-7(12)15)9(18)14-6(4-20)10(19)13-3-8(16)17/h5-6,20H,1-4,11H2,(H2,12,15)(H,13,19)(H,14,18)(H,16,17)/t5-,6-/m0/s1. The number of thiol groups is 1. The van der Waals surface area contributed by atoms with E-state index in [4.69, 9.17) is 16.6 Å². The number of carbonyl (C=O) groups is 4. The summed E-state index contributed by atoms with van der Waals surface area (Å²) in [6.07, 6.45) is 0.00252. The highest BCUT2D eigenvalue weighted by atomic mass is 32.1. The number of nitrogens with one attached hydrogen (secondary N) is 2. The molecule has 20 heavy (non-hydrogen) atoms. The number of primary amides is 1. The quantitative estimate of drug-likeness (QED) is 0.252. The zero-order chi connectivity index (χ0) is 15.7. The Hall–Kier alpha value is -1.81. The molecule has 0 heterocycles. The van der Waals surface area contributed by atoms with Gasteiger partial charge in [0.05, 0.1) is 6.04 Å². The van der Waals surface area contributed by atoms with Crippen LogP contribution in [0.1, 0.15) is 12.8 Å². The highest BCUT2D eigenvalue weighted by molar-refractivity contribution is 7.80. The zero-order valence-electron chi connectivity index (χ0n) is 10.7. The van der Waals surface area contributed by atoms with Crippen molar-refractivity contribution in [2.45, 2.75) is 24.9 Å². The fourth-order valence-corrected chi connectivity index (χ4v) is 1.44. The predicted octanol–water partition coefficient (Wildman–Crippen LogP) is -2.81. The molecule has 0 rings (SSSR count). The molecule has 0 unspecified atom stereocenters. The molecule has 0 radical (unpaired) electrons. The van der Waals surface area contributed by atoms with Crippen molar-refractivity contribution in [2.75, 3.05) is 12.3 Å². The number of amides is 3. The lowest BCUT2D eigenvalue weighted by Crippen LogP contribution is -2.53. The lowest BCUT2D eigenvalue weighted by atomic mass is 10.1. The van der Waals surface area contributed by atoms with Gasteiger partial charge in [-0.1, -0.05) is 0 Å². The van der Waals surface area contributed by atoms with Gasteiger partial charge in [0.25, 0.3) is 0 Å². The topological polar surface area (TPSA) is 165 Å². The summed E-state index contributed by atoms with van der Waals surface area (Å²) < 4.78 is 0. The average molecular weight is 306 g/mol. The van der Waals surface area contributed by atoms with E-state index in [1.165, 1.54) is 0 Å². The van der Waals surface area contributed by atoms with Gasteiger partial charge in [-0.3, -0.25) is 19.2 Å². The smallest absolute Gasteiger partial charge is 0.322 e. The fraction of sp³-hybridized carbons (Fsp3) is 0.600. The molecule has 10 heteroatoms. The molecule has 0 aliphatic rings. The zero-order valence-corrected chi connectivity index (χ0v) is 11.6. The molecule has 0 aromatic carbocycles. The Morgan fingerprint density at radius 3 is 2.25 bits per heavy atom. The molecule has 0 saturated heterocycles. The fourth-order valence-electron chi connectivity index (χ4n) is 1.19. The maximum absolute atomic E-state index is 11.6. The van der Waals surface area contributed by atoms with Gasteiger partial charge in [-0.25, -0.2) is 0 Å². The lowest BCUT2D eigenvalue weighted by Gasteiger charge is -2.18. The van der Waals surface area contributed by atoms with Crippen LogP contribution < -0.4 is 22.1 Å². The van der Waals surface area contributed by atoms with Crippen molar-refractivity contribution in [1.29, 1.82) is 0 Å². The molecule has 2 atom stereocenters. The normalized spacial score (nSPS) is 13.1. The monoisotopic (exact) mass is 306 g/mol. The van der Waals surface area contributed by atoms with Crippen molar-refractivity contribution in [3.05, 3.63) is 0 Å². The highest BCUT2D eigenvalue weighted by Crippen LogP contribution is 1.96. The van der Waals surface area contributed by atoms with Crippen LogP contribution in [0.4, 0.5) is 0 Å². The van der Waals surface area contributed by atoms with Gasteiger partial charge in [0.1, 0.15) is 12.6 Å². The molecular formula is C10H18N4O5S. The molecule has 0 spiro atoms. The van der Waals surface area contributed by atoms with Gasteiger partial charge in [0, 0.05) is 12.2 Å². The molecular weight excluding hydrogens is 288 g/mol. The first kappa shape index (κ1) is 18.2. The largest absolute Gasteiger partial charge is 0.480 e. The Kier molecular flexibility index (Phi) is 8.32. The van der Waals surface area contributed by atoms with Crippen LogP contribution in [0.3, 0.4) is 0 Å². The van der Waals surface area contributed by atoms with Crippen LogP contribution in [0.25, 0.3) is 0 Å². The minimum absolute atomic E-state index is 0.0280. The molecule has 0 aromatic heterocycles. The second kappa shape index (κ2) is 9.15. The summed E-state index contributed by atoms with van der Waals surface area (Å²) in [5.41, 5.74) is 10.4. The first-order valence-electron chi connectivity index (χ1n) is 5.72. The third-order valence-corrected chi connectivity index (χ3v) is 2.63. The minimum atomic E-state index is -1.21. The Balaban J connectivity index is 4.33. The number of carboxylic acid groups (broad SMARTS) is 1. The van der Waals surface area contributed by atoms with E-state index in [0.717, 1.165) is 0 Å². The van der Waals surface area contributed by atoms with Crippen LogP contribution >= 0.6 is 12.6 Å². The Morgan fingerprint density at radius 1 is 1.20 bits per heavy atom. The molecule has 0 saturated carbocycles. The molecule has 0 aromatic rings. The second-order valence-electron chi connectivity index (χ2n) is 3.97. The Labute approximate surface area is 120 Å². The van der Waals surface area contributed by atoms with Crippen molar-refractivity contribution < 1.29 is 24.3 Å². The maximum atomic E-state index is 11.6. The van der Waals surface area contributed by atoms with E-state index in [1.807, 2.05) is 0 Å². The number of aliphatic carboxylic acids is 1. The lowest BCUT2D eigenvalue weighted by molar-refractivity contribution is -0.138. The van der Waals surface area contributed by atoms with E-state index in [9.17, 15) is 19.2 Å². The summed E-state index contributed by atoms with van der Waals surface area (Å²) in [6.45, 7) is -0.563. The second-order valence-corrected chi connectivity index (χ2v) is 4.33. The van der Waals surface area contributed by atoms with E-state index in [-0.39, 0.29) is 18.6 Å². The van der Waals surface area contributed by atoms with Crippen LogP contribution in [-0.4, -0.2) is 53.2 Å². The number of carbonyl (C=O) groups excluding carboxylic acids is 3. The molecule has 9 nitrogen and oxygen atoms in total. The number of nitrogens with two attached hydrogens (primary N) is 2. The van der Waals surface area contributed by atoms with E-state index >= 15 is 0 Å². The number of hydrogen-bond acceptors (Lipinski definition) is 6. The molecule has 0 bridgehead atoms. The van der Waals surface area contributed by atoms with Crippen LogP contribution in [-0.2, 0) is 19.2 Å². The summed E-state index contributed by atoms with van der Waals surface area (Å²) >= 11 is 3.89. The van der Waals surface area contributed by atoms with Gasteiger partial charge in [-0.2, -0.15) is 12.6 Å². The number of carboxylic acids is 1. The van der Waals surface area contributed by atoms with Crippen LogP contribution in [0.5, 0.6) is 0 Å². The SMILES string of the molecule is NC(=O)CC[C@H](N)C(=O)N[C@@H](CS)C(=O)NCC(=O)O. The van der Waals surface area contributed by atoms with Gasteiger partial charge in [-0.15, -0.1) is 0 Å². The molecule has 3 amide bonds. The third kappa shape index (κ3) is 7.59. The summed E-state index contributed by atoms with van der Waals surface area (Å²) in [5, 5.41) is 12.9. The van der Waals surface area contributed by atoms with Crippen molar-refractivity contribution >= 4 is 36.3 Å². The van der Waals surface area contributed by atoms with Crippen LogP contribution in [0, 0.1) is 0 Å². The van der Waals surface area contributed by atoms with Crippen molar-refractivity contribution in [3.63, 3.8) is 0 Å². The van der Waals surface area contributed by atoms with E-state index < -0.39 is 42.3 Å². The van der Waals surface area contributed by atoms with Gasteiger partial charge in [0.15, 0.2) is 0 Å². The van der Waals surface area contributed by atoms with Gasteiger partial charge in [-0.05, 0) is 6.42 Å². The Bertz CT molecular complexity index is 390. The predicted molar refractivity (Wildman–Crippen MR) is 72.8 cm³/mol. The van der Waals surface area contributed by atoms with E-state index in [0.29, 0.717) is 0 Å². The van der Waals surface area contributed by atoms with E-state index in [2.05, 4.69) is 23.3 Å². The maximum Gasteiger partial charge on any atom is 0.322 e. The molecule has 7 N–H and O–H groups in total. The molecule has 0 aliphatic carbocycles. The molecule has 114 valence electrons. The number of rotatable bonds is 9.